The van der Waals surface area contributed by atoms with Gasteiger partial charge in [0.05, 0.1) is 6.42 Å². The number of likely N-dealkylation sites (tertiary alicyclic amines) is 1. The zero-order valence-electron chi connectivity index (χ0n) is 15.0. The maximum atomic E-state index is 12.6. The molecular weight excluding hydrogens is 332 g/mol. The van der Waals surface area contributed by atoms with E-state index in [-0.39, 0.29) is 18.3 Å². The number of amides is 1. The fraction of sp³-hybridized carbons (Fsp3) is 0.381. The number of hydrogen-bond acceptors (Lipinski definition) is 2. The molecule has 1 amide bonds. The van der Waals surface area contributed by atoms with Gasteiger partial charge >= 0.3 is 0 Å². The second kappa shape index (κ2) is 9.02. The van der Waals surface area contributed by atoms with E-state index in [1.165, 1.54) is 11.1 Å². The van der Waals surface area contributed by atoms with Gasteiger partial charge in [-0.05, 0) is 49.7 Å². The van der Waals surface area contributed by atoms with Crippen molar-refractivity contribution in [2.75, 3.05) is 27.2 Å². The molecular formula is C21H27ClN2O. The van der Waals surface area contributed by atoms with E-state index in [0.717, 1.165) is 31.5 Å². The summed E-state index contributed by atoms with van der Waals surface area (Å²) < 4.78 is 0. The van der Waals surface area contributed by atoms with Gasteiger partial charge in [-0.1, -0.05) is 54.6 Å². The van der Waals surface area contributed by atoms with Crippen LogP contribution in [0.15, 0.2) is 54.6 Å². The second-order valence-electron chi connectivity index (χ2n) is 6.78. The largest absolute Gasteiger partial charge is 0.342 e. The highest BCUT2D eigenvalue weighted by Gasteiger charge is 2.23. The molecule has 0 aromatic heterocycles. The van der Waals surface area contributed by atoms with Gasteiger partial charge in [0.15, 0.2) is 0 Å². The van der Waals surface area contributed by atoms with Crippen LogP contribution in [0.1, 0.15) is 18.4 Å². The summed E-state index contributed by atoms with van der Waals surface area (Å²) in [5, 5.41) is 0. The Hall–Kier alpha value is -1.84. The van der Waals surface area contributed by atoms with Crippen molar-refractivity contribution in [1.29, 1.82) is 0 Å². The number of halogens is 1. The fourth-order valence-corrected chi connectivity index (χ4v) is 3.33. The van der Waals surface area contributed by atoms with Gasteiger partial charge in [-0.25, -0.2) is 0 Å². The van der Waals surface area contributed by atoms with Gasteiger partial charge in [0.25, 0.3) is 0 Å². The zero-order valence-corrected chi connectivity index (χ0v) is 15.8. The zero-order chi connectivity index (χ0) is 16.9. The van der Waals surface area contributed by atoms with Crippen LogP contribution in [-0.2, 0) is 11.2 Å². The Labute approximate surface area is 157 Å². The lowest BCUT2D eigenvalue weighted by Gasteiger charge is -2.35. The molecule has 3 rings (SSSR count). The molecule has 3 nitrogen and oxygen atoms in total. The lowest BCUT2D eigenvalue weighted by molar-refractivity contribution is -0.132. The minimum atomic E-state index is 0. The third-order valence-corrected chi connectivity index (χ3v) is 5.05. The molecule has 2 aromatic rings. The number of benzene rings is 2. The molecule has 1 heterocycles. The Balaban J connectivity index is 0.00000225. The van der Waals surface area contributed by atoms with Crippen LogP contribution < -0.4 is 0 Å². The van der Waals surface area contributed by atoms with Crippen molar-refractivity contribution in [3.8, 4) is 11.1 Å². The van der Waals surface area contributed by atoms with E-state index < -0.39 is 0 Å². The van der Waals surface area contributed by atoms with Crippen molar-refractivity contribution in [3.63, 3.8) is 0 Å². The molecule has 25 heavy (non-hydrogen) atoms. The third-order valence-electron chi connectivity index (χ3n) is 5.05. The van der Waals surface area contributed by atoms with Crippen molar-refractivity contribution in [2.45, 2.75) is 25.3 Å². The van der Waals surface area contributed by atoms with E-state index in [1.54, 1.807) is 0 Å². The number of carbonyl (C=O) groups is 1. The van der Waals surface area contributed by atoms with E-state index in [0.29, 0.717) is 12.5 Å². The van der Waals surface area contributed by atoms with E-state index >= 15 is 0 Å². The van der Waals surface area contributed by atoms with Crippen LogP contribution in [0, 0.1) is 0 Å². The molecule has 0 bridgehead atoms. The Morgan fingerprint density at radius 3 is 2.16 bits per heavy atom. The van der Waals surface area contributed by atoms with Crippen molar-refractivity contribution in [2.24, 2.45) is 0 Å². The summed E-state index contributed by atoms with van der Waals surface area (Å²) in [7, 11) is 4.10. The van der Waals surface area contributed by atoms with Crippen molar-refractivity contribution in [1.82, 2.24) is 9.80 Å². The van der Waals surface area contributed by atoms with Crippen LogP contribution >= 0.6 is 12.4 Å². The van der Waals surface area contributed by atoms with Gasteiger partial charge in [0.2, 0.25) is 5.91 Å². The number of nitrogens with zero attached hydrogens (tertiary/aromatic N) is 2. The third kappa shape index (κ3) is 5.07. The lowest BCUT2D eigenvalue weighted by atomic mass is 10.0. The molecule has 0 radical (unpaired) electrons. The first-order valence-electron chi connectivity index (χ1n) is 8.72. The van der Waals surface area contributed by atoms with Gasteiger partial charge in [0.1, 0.15) is 0 Å². The molecule has 134 valence electrons. The Bertz CT molecular complexity index is 664. The van der Waals surface area contributed by atoms with Gasteiger partial charge in [-0.3, -0.25) is 4.79 Å². The average molecular weight is 359 g/mol. The number of likely N-dealkylation sites (N-methyl/N-ethyl adjacent to an activating group) is 1. The van der Waals surface area contributed by atoms with Crippen LogP contribution in [0.25, 0.3) is 11.1 Å². The predicted octanol–water partition coefficient (Wildman–Crippen LogP) is 3.87. The quantitative estimate of drug-likeness (QED) is 0.828. The molecule has 1 aliphatic heterocycles. The number of rotatable bonds is 4. The smallest absolute Gasteiger partial charge is 0.226 e. The van der Waals surface area contributed by atoms with E-state index in [9.17, 15) is 4.79 Å². The van der Waals surface area contributed by atoms with Crippen LogP contribution in [0.3, 0.4) is 0 Å². The van der Waals surface area contributed by atoms with Crippen LogP contribution in [0.5, 0.6) is 0 Å². The molecule has 0 saturated carbocycles. The second-order valence-corrected chi connectivity index (χ2v) is 6.78. The molecule has 2 aromatic carbocycles. The highest BCUT2D eigenvalue weighted by Crippen LogP contribution is 2.20. The first-order chi connectivity index (χ1) is 11.6. The van der Waals surface area contributed by atoms with Gasteiger partial charge in [0, 0.05) is 13.1 Å². The summed E-state index contributed by atoms with van der Waals surface area (Å²) in [4.78, 5) is 16.8. The molecule has 0 aliphatic carbocycles. The van der Waals surface area contributed by atoms with Crippen LogP contribution in [-0.4, -0.2) is 48.9 Å². The number of piperidine rings is 1. The highest BCUT2D eigenvalue weighted by molar-refractivity contribution is 5.85. The van der Waals surface area contributed by atoms with Gasteiger partial charge in [-0.15, -0.1) is 12.4 Å². The Morgan fingerprint density at radius 2 is 1.56 bits per heavy atom. The standard InChI is InChI=1S/C21H26N2O.ClH/c1-22-14-12-20(13-15-22)23(2)21(24)16-17-8-10-19(11-9-17)18-6-4-3-5-7-18;/h3-11,20H,12-16H2,1-2H3;1H. The summed E-state index contributed by atoms with van der Waals surface area (Å²) >= 11 is 0. The fourth-order valence-electron chi connectivity index (χ4n) is 3.33. The monoisotopic (exact) mass is 358 g/mol. The van der Waals surface area contributed by atoms with Crippen molar-refractivity contribution >= 4 is 18.3 Å². The molecule has 0 N–H and O–H groups in total. The lowest BCUT2D eigenvalue weighted by Crippen LogP contribution is -2.44. The van der Waals surface area contributed by atoms with E-state index in [2.05, 4.69) is 48.3 Å². The van der Waals surface area contributed by atoms with Crippen molar-refractivity contribution < 1.29 is 4.79 Å². The summed E-state index contributed by atoms with van der Waals surface area (Å²) in [6, 6.07) is 19.1. The van der Waals surface area contributed by atoms with Gasteiger partial charge < -0.3 is 9.80 Å². The summed E-state index contributed by atoms with van der Waals surface area (Å²) in [5.74, 6) is 0.219. The number of carbonyl (C=O) groups excluding carboxylic acids is 1. The van der Waals surface area contributed by atoms with Gasteiger partial charge in [-0.2, -0.15) is 0 Å². The molecule has 0 unspecified atom stereocenters. The average Bonchev–Trinajstić information content (AvgIpc) is 2.63. The molecule has 0 spiro atoms. The van der Waals surface area contributed by atoms with Crippen LogP contribution in [0.2, 0.25) is 0 Å². The Kier molecular flexibility index (Phi) is 7.03. The molecule has 1 fully saturated rings. The van der Waals surface area contributed by atoms with Crippen LogP contribution in [0.4, 0.5) is 0 Å². The maximum Gasteiger partial charge on any atom is 0.226 e. The Morgan fingerprint density at radius 1 is 1.00 bits per heavy atom. The highest BCUT2D eigenvalue weighted by atomic mass is 35.5. The molecule has 0 atom stereocenters. The summed E-state index contributed by atoms with van der Waals surface area (Å²) in [6.45, 7) is 2.15. The van der Waals surface area contributed by atoms with E-state index in [4.69, 9.17) is 0 Å². The minimum absolute atomic E-state index is 0. The SMILES string of the molecule is CN1CCC(N(C)C(=O)Cc2ccc(-c3ccccc3)cc2)CC1.Cl. The number of hydrogen-bond donors (Lipinski definition) is 0. The topological polar surface area (TPSA) is 23.6 Å². The molecule has 4 heteroatoms. The normalized spacial score (nSPS) is 15.4. The van der Waals surface area contributed by atoms with E-state index in [1.807, 2.05) is 30.1 Å². The summed E-state index contributed by atoms with van der Waals surface area (Å²) in [6.07, 6.45) is 2.63. The first kappa shape index (κ1) is 19.5. The minimum Gasteiger partial charge on any atom is -0.342 e. The maximum absolute atomic E-state index is 12.6. The van der Waals surface area contributed by atoms with Crippen molar-refractivity contribution in [3.05, 3.63) is 60.2 Å². The predicted molar refractivity (Wildman–Crippen MR) is 106 cm³/mol. The first-order valence-corrected chi connectivity index (χ1v) is 8.72. The molecule has 1 saturated heterocycles. The molecule has 1 aliphatic rings. The summed E-state index contributed by atoms with van der Waals surface area (Å²) in [5.41, 5.74) is 3.48.